The van der Waals surface area contributed by atoms with E-state index in [9.17, 15) is 13.2 Å². The second-order valence-electron chi connectivity index (χ2n) is 6.08. The van der Waals surface area contributed by atoms with Crippen molar-refractivity contribution >= 4 is 33.2 Å². The first-order chi connectivity index (χ1) is 14.4. The van der Waals surface area contributed by atoms with Crippen LogP contribution in [0, 0.1) is 0 Å². The van der Waals surface area contributed by atoms with Gasteiger partial charge in [-0.15, -0.1) is 5.10 Å². The van der Waals surface area contributed by atoms with E-state index in [1.807, 2.05) is 17.5 Å². The van der Waals surface area contributed by atoms with Gasteiger partial charge in [-0.2, -0.15) is 0 Å². The topological polar surface area (TPSA) is 120 Å². The average molecular weight is 449 g/mol. The lowest BCUT2D eigenvalue weighted by molar-refractivity contribution is -0.116. The molecular weight excluding hydrogens is 428 g/mol. The molecule has 3 aromatic rings. The first kappa shape index (κ1) is 21.7. The number of benzene rings is 2. The van der Waals surface area contributed by atoms with Crippen LogP contribution in [0.2, 0.25) is 0 Å². The Morgan fingerprint density at radius 2 is 1.80 bits per heavy atom. The van der Waals surface area contributed by atoms with Crippen molar-refractivity contribution in [1.82, 2.24) is 14.3 Å². The molecule has 2 aromatic carbocycles. The van der Waals surface area contributed by atoms with Gasteiger partial charge < -0.3 is 14.8 Å². The van der Waals surface area contributed by atoms with Crippen LogP contribution in [0.15, 0.2) is 52.7 Å². The minimum Gasteiger partial charge on any atom is -0.493 e. The maximum absolute atomic E-state index is 12.4. The molecule has 9 nitrogen and oxygen atoms in total. The average Bonchev–Trinajstić information content (AvgIpc) is 3.28. The number of nitrogens with one attached hydrogen (secondary N) is 2. The molecule has 30 heavy (non-hydrogen) atoms. The van der Waals surface area contributed by atoms with Crippen LogP contribution in [-0.4, -0.2) is 44.7 Å². The van der Waals surface area contributed by atoms with Gasteiger partial charge in [0.05, 0.1) is 19.1 Å². The SMILES string of the molecule is COc1ccc(S(=O)(=O)NCCC(=O)Nc2ccc(-c3csnn3)cc2)cc1OC. The van der Waals surface area contributed by atoms with E-state index in [-0.39, 0.29) is 23.8 Å². The van der Waals surface area contributed by atoms with E-state index >= 15 is 0 Å². The Bertz CT molecular complexity index is 1100. The number of ether oxygens (including phenoxy) is 2. The fraction of sp³-hybridized carbons (Fsp3) is 0.211. The van der Waals surface area contributed by atoms with Gasteiger partial charge >= 0.3 is 0 Å². The summed E-state index contributed by atoms with van der Waals surface area (Å²) < 4.78 is 41.3. The van der Waals surface area contributed by atoms with Gasteiger partial charge in [0.2, 0.25) is 15.9 Å². The number of hydrogen-bond donors (Lipinski definition) is 2. The molecule has 2 N–H and O–H groups in total. The number of anilines is 1. The van der Waals surface area contributed by atoms with Crippen molar-refractivity contribution in [3.63, 3.8) is 0 Å². The third kappa shape index (κ3) is 5.32. The van der Waals surface area contributed by atoms with Crippen LogP contribution in [0.3, 0.4) is 0 Å². The number of aromatic nitrogens is 2. The quantitative estimate of drug-likeness (QED) is 0.516. The molecule has 158 valence electrons. The van der Waals surface area contributed by atoms with E-state index < -0.39 is 10.0 Å². The molecule has 1 amide bonds. The summed E-state index contributed by atoms with van der Waals surface area (Å²) in [5, 5.41) is 8.55. The molecule has 11 heteroatoms. The summed E-state index contributed by atoms with van der Waals surface area (Å²) in [6.45, 7) is -0.0505. The molecular formula is C19H20N4O5S2. The summed E-state index contributed by atoms with van der Waals surface area (Å²) >= 11 is 1.26. The number of sulfonamides is 1. The maximum atomic E-state index is 12.4. The normalized spacial score (nSPS) is 11.1. The van der Waals surface area contributed by atoms with Crippen LogP contribution >= 0.6 is 11.5 Å². The van der Waals surface area contributed by atoms with Gasteiger partial charge in [-0.05, 0) is 35.8 Å². The largest absolute Gasteiger partial charge is 0.493 e. The number of nitrogens with zero attached hydrogens (tertiary/aromatic N) is 2. The van der Waals surface area contributed by atoms with Crippen LogP contribution in [-0.2, 0) is 14.8 Å². The fourth-order valence-electron chi connectivity index (χ4n) is 2.60. The zero-order valence-electron chi connectivity index (χ0n) is 16.3. The van der Waals surface area contributed by atoms with E-state index in [4.69, 9.17) is 9.47 Å². The molecule has 0 saturated heterocycles. The van der Waals surface area contributed by atoms with Crippen molar-refractivity contribution in [2.45, 2.75) is 11.3 Å². The third-order valence-corrected chi connectivity index (χ3v) is 6.10. The highest BCUT2D eigenvalue weighted by Crippen LogP contribution is 2.29. The van der Waals surface area contributed by atoms with Crippen molar-refractivity contribution in [2.75, 3.05) is 26.1 Å². The number of carbonyl (C=O) groups is 1. The predicted octanol–water partition coefficient (Wildman–Crippen LogP) is 2.53. The molecule has 1 aromatic heterocycles. The van der Waals surface area contributed by atoms with Crippen molar-refractivity contribution in [3.05, 3.63) is 47.8 Å². The first-order valence-corrected chi connectivity index (χ1v) is 11.1. The van der Waals surface area contributed by atoms with Crippen LogP contribution in [0.1, 0.15) is 6.42 Å². The first-order valence-electron chi connectivity index (χ1n) is 8.82. The molecule has 0 unspecified atom stereocenters. The number of methoxy groups -OCH3 is 2. The van der Waals surface area contributed by atoms with Crippen LogP contribution in [0.25, 0.3) is 11.3 Å². The Kier molecular flexibility index (Phi) is 6.98. The zero-order chi connectivity index (χ0) is 21.6. The van der Waals surface area contributed by atoms with Crippen molar-refractivity contribution < 1.29 is 22.7 Å². The maximum Gasteiger partial charge on any atom is 0.240 e. The minimum atomic E-state index is -3.79. The molecule has 0 aliphatic carbocycles. The number of hydrogen-bond acceptors (Lipinski definition) is 8. The number of carbonyl (C=O) groups excluding carboxylic acids is 1. The monoisotopic (exact) mass is 448 g/mol. The summed E-state index contributed by atoms with van der Waals surface area (Å²) in [6.07, 6.45) is -0.0235. The summed E-state index contributed by atoms with van der Waals surface area (Å²) in [5.41, 5.74) is 2.27. The Balaban J connectivity index is 1.53. The molecule has 0 radical (unpaired) electrons. The second-order valence-corrected chi connectivity index (χ2v) is 8.46. The minimum absolute atomic E-state index is 0.0210. The van der Waals surface area contributed by atoms with Crippen LogP contribution < -0.4 is 19.5 Å². The standard InChI is InChI=1S/C19H20N4O5S2/c1-27-17-8-7-15(11-18(17)28-2)30(25,26)20-10-9-19(24)21-14-5-3-13(4-6-14)16-12-29-23-22-16/h3-8,11-12,20H,9-10H2,1-2H3,(H,21,24). The van der Waals surface area contributed by atoms with Gasteiger partial charge in [0, 0.05) is 35.7 Å². The van der Waals surface area contributed by atoms with Gasteiger partial charge in [0.25, 0.3) is 0 Å². The Morgan fingerprint density at radius 1 is 1.07 bits per heavy atom. The Morgan fingerprint density at radius 3 is 2.43 bits per heavy atom. The highest BCUT2D eigenvalue weighted by Gasteiger charge is 2.17. The summed E-state index contributed by atoms with van der Waals surface area (Å²) in [5.74, 6) is 0.413. The Labute approximate surface area is 178 Å². The highest BCUT2D eigenvalue weighted by molar-refractivity contribution is 7.89. The summed E-state index contributed by atoms with van der Waals surface area (Å²) in [7, 11) is -0.907. The molecule has 0 aliphatic heterocycles. The zero-order valence-corrected chi connectivity index (χ0v) is 17.9. The van der Waals surface area contributed by atoms with Crippen LogP contribution in [0.4, 0.5) is 5.69 Å². The van der Waals surface area contributed by atoms with Crippen molar-refractivity contribution in [2.24, 2.45) is 0 Å². The smallest absolute Gasteiger partial charge is 0.240 e. The molecule has 0 saturated carbocycles. The lowest BCUT2D eigenvalue weighted by atomic mass is 10.1. The van der Waals surface area contributed by atoms with E-state index in [2.05, 4.69) is 19.6 Å². The fourth-order valence-corrected chi connectivity index (χ4v) is 4.12. The van der Waals surface area contributed by atoms with Gasteiger partial charge in [-0.25, -0.2) is 13.1 Å². The van der Waals surface area contributed by atoms with Gasteiger partial charge in [0.1, 0.15) is 5.69 Å². The molecule has 0 atom stereocenters. The van der Waals surface area contributed by atoms with Crippen molar-refractivity contribution in [1.29, 1.82) is 0 Å². The second kappa shape index (κ2) is 9.65. The molecule has 0 aliphatic rings. The molecule has 0 fully saturated rings. The van der Waals surface area contributed by atoms with E-state index in [1.165, 1.54) is 44.0 Å². The predicted molar refractivity (Wildman–Crippen MR) is 113 cm³/mol. The molecule has 0 spiro atoms. The Hall–Kier alpha value is -3.02. The summed E-state index contributed by atoms with van der Waals surface area (Å²) in [4.78, 5) is 12.2. The van der Waals surface area contributed by atoms with Gasteiger partial charge in [-0.1, -0.05) is 16.6 Å². The summed E-state index contributed by atoms with van der Waals surface area (Å²) in [6, 6.07) is 11.4. The van der Waals surface area contributed by atoms with E-state index in [0.717, 1.165) is 11.3 Å². The van der Waals surface area contributed by atoms with E-state index in [0.29, 0.717) is 17.2 Å². The highest BCUT2D eigenvalue weighted by atomic mass is 32.2. The van der Waals surface area contributed by atoms with Crippen LogP contribution in [0.5, 0.6) is 11.5 Å². The molecule has 0 bridgehead atoms. The van der Waals surface area contributed by atoms with Gasteiger partial charge in [0.15, 0.2) is 11.5 Å². The molecule has 3 rings (SSSR count). The lowest BCUT2D eigenvalue weighted by Gasteiger charge is -2.11. The lowest BCUT2D eigenvalue weighted by Crippen LogP contribution is -2.27. The van der Waals surface area contributed by atoms with Gasteiger partial charge in [-0.3, -0.25) is 4.79 Å². The van der Waals surface area contributed by atoms with Crippen molar-refractivity contribution in [3.8, 4) is 22.8 Å². The molecule has 1 heterocycles. The number of rotatable bonds is 9. The third-order valence-electron chi connectivity index (χ3n) is 4.13. The number of amides is 1. The van der Waals surface area contributed by atoms with E-state index in [1.54, 1.807) is 12.1 Å².